The van der Waals surface area contributed by atoms with Crippen LogP contribution >= 0.6 is 0 Å². The number of hydrogen-bond acceptors (Lipinski definition) is 2. The van der Waals surface area contributed by atoms with Gasteiger partial charge < -0.3 is 9.59 Å². The third-order valence-electron chi connectivity index (χ3n) is 6.78. The lowest BCUT2D eigenvalue weighted by Crippen LogP contribution is -2.51. The van der Waals surface area contributed by atoms with Gasteiger partial charge in [-0.1, -0.05) is 39.3 Å². The number of fused-ring (bicyclic) bond motifs is 1. The maximum Gasteiger partial charge on any atom is 0.126 e. The minimum absolute atomic E-state index is 0.152. The molecule has 2 saturated carbocycles. The number of allylic oxidation sites excluding steroid dienone is 1. The highest BCUT2D eigenvalue weighted by Crippen LogP contribution is 2.61. The van der Waals surface area contributed by atoms with Crippen molar-refractivity contribution in [1.29, 1.82) is 0 Å². The van der Waals surface area contributed by atoms with Crippen LogP contribution in [0.25, 0.3) is 0 Å². The average Bonchev–Trinajstić information content (AvgIpc) is 2.46. The molecule has 0 aliphatic heterocycles. The van der Waals surface area contributed by atoms with Crippen molar-refractivity contribution in [2.75, 3.05) is 0 Å². The van der Waals surface area contributed by atoms with Crippen LogP contribution in [0, 0.1) is 28.6 Å². The van der Waals surface area contributed by atoms with Gasteiger partial charge in [-0.2, -0.15) is 0 Å². The van der Waals surface area contributed by atoms with Gasteiger partial charge in [0, 0.05) is 11.8 Å². The van der Waals surface area contributed by atoms with E-state index in [1.807, 2.05) is 0 Å². The van der Waals surface area contributed by atoms with Gasteiger partial charge in [0.1, 0.15) is 12.6 Å². The molecule has 0 aromatic heterocycles. The Bertz CT molecular complexity index is 441. The van der Waals surface area contributed by atoms with E-state index >= 15 is 0 Å². The van der Waals surface area contributed by atoms with E-state index in [4.69, 9.17) is 0 Å². The molecule has 2 fully saturated rings. The molecule has 0 N–H and O–H groups in total. The smallest absolute Gasteiger partial charge is 0.126 e. The second-order valence-electron chi connectivity index (χ2n) is 8.37. The quantitative estimate of drug-likeness (QED) is 0.513. The number of carbonyl (C=O) groups is 2. The fourth-order valence-corrected chi connectivity index (χ4v) is 5.41. The predicted molar refractivity (Wildman–Crippen MR) is 90.6 cm³/mol. The van der Waals surface area contributed by atoms with E-state index in [0.717, 1.165) is 44.8 Å². The van der Waals surface area contributed by atoms with E-state index in [9.17, 15) is 9.59 Å². The van der Waals surface area contributed by atoms with Crippen molar-refractivity contribution in [3.8, 4) is 0 Å². The second-order valence-corrected chi connectivity index (χ2v) is 8.37. The van der Waals surface area contributed by atoms with Crippen molar-refractivity contribution < 1.29 is 9.59 Å². The van der Waals surface area contributed by atoms with Gasteiger partial charge in [0.15, 0.2) is 0 Å². The molecule has 0 aromatic rings. The number of hydrogen-bond donors (Lipinski definition) is 0. The second kappa shape index (κ2) is 6.68. The highest BCUT2D eigenvalue weighted by Gasteiger charge is 2.54. The summed E-state index contributed by atoms with van der Waals surface area (Å²) >= 11 is 0. The van der Waals surface area contributed by atoms with E-state index < -0.39 is 0 Å². The monoisotopic (exact) mass is 304 g/mol. The van der Waals surface area contributed by atoms with Crippen molar-refractivity contribution in [3.05, 3.63) is 12.2 Å². The molecule has 0 aromatic carbocycles. The van der Waals surface area contributed by atoms with Gasteiger partial charge in [0.25, 0.3) is 0 Å². The van der Waals surface area contributed by atoms with E-state index in [1.54, 1.807) is 0 Å². The van der Waals surface area contributed by atoms with Crippen LogP contribution in [0.15, 0.2) is 12.2 Å². The van der Waals surface area contributed by atoms with Crippen molar-refractivity contribution in [1.82, 2.24) is 0 Å². The highest BCUT2D eigenvalue weighted by molar-refractivity contribution is 5.60. The summed E-state index contributed by atoms with van der Waals surface area (Å²) in [6.45, 7) is 11.1. The number of carbonyl (C=O) groups excluding carboxylic acids is 2. The third kappa shape index (κ3) is 3.07. The maximum absolute atomic E-state index is 11.8. The molecule has 5 atom stereocenters. The Kier molecular flexibility index (Phi) is 5.29. The summed E-state index contributed by atoms with van der Waals surface area (Å²) in [5.74, 6) is 1.46. The highest BCUT2D eigenvalue weighted by atomic mass is 16.1. The van der Waals surface area contributed by atoms with Crippen LogP contribution in [0.1, 0.15) is 72.1 Å². The molecule has 0 spiro atoms. The first-order chi connectivity index (χ1) is 10.4. The zero-order chi connectivity index (χ0) is 16.4. The Hall–Kier alpha value is -0.920. The molecule has 2 rings (SSSR count). The van der Waals surface area contributed by atoms with Crippen LogP contribution in [0.5, 0.6) is 0 Å². The molecule has 2 nitrogen and oxygen atoms in total. The first kappa shape index (κ1) is 17.4. The van der Waals surface area contributed by atoms with Crippen LogP contribution in [0.2, 0.25) is 0 Å². The van der Waals surface area contributed by atoms with Gasteiger partial charge in [-0.15, -0.1) is 0 Å². The molecule has 0 saturated heterocycles. The molecule has 5 unspecified atom stereocenters. The number of rotatable bonds is 6. The topological polar surface area (TPSA) is 34.1 Å². The summed E-state index contributed by atoms with van der Waals surface area (Å²) < 4.78 is 0. The van der Waals surface area contributed by atoms with Gasteiger partial charge in [-0.3, -0.25) is 0 Å². The summed E-state index contributed by atoms with van der Waals surface area (Å²) in [6.07, 6.45) is 10.7. The van der Waals surface area contributed by atoms with Crippen LogP contribution < -0.4 is 0 Å². The minimum Gasteiger partial charge on any atom is -0.303 e. The molecule has 0 bridgehead atoms. The molecule has 2 aliphatic rings. The van der Waals surface area contributed by atoms with Crippen molar-refractivity contribution in [2.24, 2.45) is 28.6 Å². The summed E-state index contributed by atoms with van der Waals surface area (Å²) in [5, 5.41) is 0. The normalized spacial score (nSPS) is 39.9. The summed E-state index contributed by atoms with van der Waals surface area (Å²) in [5.41, 5.74) is 1.44. The van der Waals surface area contributed by atoms with Gasteiger partial charge in [-0.25, -0.2) is 0 Å². The van der Waals surface area contributed by atoms with E-state index in [0.29, 0.717) is 24.2 Å². The lowest BCUT2D eigenvalue weighted by atomic mass is 9.47. The van der Waals surface area contributed by atoms with Gasteiger partial charge in [-0.05, 0) is 61.7 Å². The molecule has 2 heteroatoms. The van der Waals surface area contributed by atoms with Crippen molar-refractivity contribution >= 4 is 12.6 Å². The largest absolute Gasteiger partial charge is 0.303 e. The van der Waals surface area contributed by atoms with Crippen molar-refractivity contribution in [3.63, 3.8) is 0 Å². The first-order valence-corrected chi connectivity index (χ1v) is 8.95. The standard InChI is InChI=1S/C20H32O2/c1-15(10-13-21)6-8-17-16(2)7-9-18-19(3,14-22)11-5-12-20(17,18)4/h13-15,17-18H,2,5-12H2,1,3-4H3. The molecular formula is C20H32O2. The fourth-order valence-electron chi connectivity index (χ4n) is 5.41. The maximum atomic E-state index is 11.8. The number of aldehydes is 2. The van der Waals surface area contributed by atoms with Gasteiger partial charge in [0.2, 0.25) is 0 Å². The third-order valence-corrected chi connectivity index (χ3v) is 6.78. The molecule has 0 heterocycles. The van der Waals surface area contributed by atoms with E-state index in [1.165, 1.54) is 18.3 Å². The molecule has 124 valence electrons. The fraction of sp³-hybridized carbons (Fsp3) is 0.800. The SMILES string of the molecule is C=C1CCC2C(C)(C=O)CCCC2(C)C1CCC(C)CC=O. The van der Waals surface area contributed by atoms with Crippen LogP contribution in [-0.4, -0.2) is 12.6 Å². The Balaban J connectivity index is 2.18. The Labute approximate surface area is 135 Å². The zero-order valence-corrected chi connectivity index (χ0v) is 14.6. The van der Waals surface area contributed by atoms with Gasteiger partial charge in [0.05, 0.1) is 0 Å². The van der Waals surface area contributed by atoms with Crippen LogP contribution in [0.3, 0.4) is 0 Å². The van der Waals surface area contributed by atoms with Crippen molar-refractivity contribution in [2.45, 2.75) is 72.1 Å². The summed E-state index contributed by atoms with van der Waals surface area (Å²) in [4.78, 5) is 22.4. The minimum atomic E-state index is -0.152. The molecular weight excluding hydrogens is 272 g/mol. The zero-order valence-electron chi connectivity index (χ0n) is 14.6. The lowest BCUT2D eigenvalue weighted by molar-refractivity contribution is -0.130. The van der Waals surface area contributed by atoms with Crippen LogP contribution in [-0.2, 0) is 9.59 Å². The van der Waals surface area contributed by atoms with E-state index in [-0.39, 0.29) is 10.8 Å². The Morgan fingerprint density at radius 2 is 2.05 bits per heavy atom. The predicted octanol–water partition coefficient (Wildman–Crippen LogP) is 4.97. The first-order valence-electron chi connectivity index (χ1n) is 8.95. The molecule has 2 aliphatic carbocycles. The Morgan fingerprint density at radius 1 is 1.32 bits per heavy atom. The van der Waals surface area contributed by atoms with Crippen LogP contribution in [0.4, 0.5) is 0 Å². The average molecular weight is 304 g/mol. The summed E-state index contributed by atoms with van der Waals surface area (Å²) in [7, 11) is 0. The molecule has 0 amide bonds. The summed E-state index contributed by atoms with van der Waals surface area (Å²) in [6, 6.07) is 0. The van der Waals surface area contributed by atoms with Gasteiger partial charge >= 0.3 is 0 Å². The molecule has 22 heavy (non-hydrogen) atoms. The Morgan fingerprint density at radius 3 is 2.68 bits per heavy atom. The lowest BCUT2D eigenvalue weighted by Gasteiger charge is -2.57. The molecule has 0 radical (unpaired) electrons. The van der Waals surface area contributed by atoms with E-state index in [2.05, 4.69) is 27.4 Å².